The lowest BCUT2D eigenvalue weighted by molar-refractivity contribution is 0.107. The van der Waals surface area contributed by atoms with E-state index in [1.807, 2.05) is 0 Å². The molecule has 5 atom stereocenters. The first-order chi connectivity index (χ1) is 23.3. The molecule has 4 aromatic rings. The van der Waals surface area contributed by atoms with E-state index in [0.29, 0.717) is 24.8 Å². The largest absolute Gasteiger partial charge is 0.493 e. The molecule has 3 aliphatic heterocycles. The second-order valence-corrected chi connectivity index (χ2v) is 11.8. The van der Waals surface area contributed by atoms with E-state index in [1.165, 1.54) is 18.3 Å². The summed E-state index contributed by atoms with van der Waals surface area (Å²) in [7, 11) is -3.02. The van der Waals surface area contributed by atoms with Crippen molar-refractivity contribution in [2.45, 2.75) is 43.2 Å². The van der Waals surface area contributed by atoms with E-state index in [-0.39, 0.29) is 66.1 Å². The molecule has 1 aliphatic carbocycles. The number of methoxy groups -OCH3 is 1. The van der Waals surface area contributed by atoms with Gasteiger partial charge in [0.1, 0.15) is 35.9 Å². The van der Waals surface area contributed by atoms with Crippen molar-refractivity contribution in [3.05, 3.63) is 48.2 Å². The smallest absolute Gasteiger partial charge is 0.319 e. The lowest BCUT2D eigenvalue weighted by Gasteiger charge is -2.31. The molecule has 0 amide bonds. The van der Waals surface area contributed by atoms with E-state index < -0.39 is 66.8 Å². The van der Waals surface area contributed by atoms with Crippen molar-refractivity contribution in [1.82, 2.24) is 19.9 Å². The number of benzene rings is 2. The average molecular weight is 615 g/mol. The average Bonchev–Trinajstić information content (AvgIpc) is 3.40. The summed E-state index contributed by atoms with van der Waals surface area (Å²) in [5.41, 5.74) is -1.97. The van der Waals surface area contributed by atoms with Gasteiger partial charge >= 0.3 is 6.01 Å². The molecule has 0 N–H and O–H groups in total. The Labute approximate surface area is 258 Å². The van der Waals surface area contributed by atoms with Crippen molar-refractivity contribution in [3.8, 4) is 23.0 Å². The summed E-state index contributed by atoms with van der Waals surface area (Å²) >= 11 is 0. The minimum absolute atomic E-state index is 0.00305. The lowest BCUT2D eigenvalue weighted by atomic mass is 9.95. The molecule has 0 spiro atoms. The molecule has 2 aromatic carbocycles. The van der Waals surface area contributed by atoms with Crippen LogP contribution in [0.25, 0.3) is 32.9 Å². The summed E-state index contributed by atoms with van der Waals surface area (Å²) in [4.78, 5) is 16.5. The molecule has 5 heterocycles. The molecule has 0 bridgehead atoms. The Morgan fingerprint density at radius 3 is 2.98 bits per heavy atom. The third kappa shape index (κ3) is 4.28. The Kier molecular flexibility index (Phi) is 5.37. The van der Waals surface area contributed by atoms with Crippen molar-refractivity contribution in [2.24, 2.45) is 5.92 Å². The Bertz CT molecular complexity index is 1970. The van der Waals surface area contributed by atoms with Crippen LogP contribution in [0.4, 0.5) is 23.4 Å². The van der Waals surface area contributed by atoms with Crippen LogP contribution in [0, 0.1) is 17.6 Å². The van der Waals surface area contributed by atoms with Crippen molar-refractivity contribution < 1.29 is 38.6 Å². The van der Waals surface area contributed by atoms with E-state index in [4.69, 9.17) is 21.1 Å². The van der Waals surface area contributed by atoms with Gasteiger partial charge in [-0.3, -0.25) is 9.88 Å². The van der Waals surface area contributed by atoms with Gasteiger partial charge in [-0.05, 0) is 30.8 Å². The van der Waals surface area contributed by atoms with Crippen molar-refractivity contribution in [3.63, 3.8) is 0 Å². The first-order valence-electron chi connectivity index (χ1n) is 17.1. The molecule has 230 valence electrons. The highest BCUT2D eigenvalue weighted by Gasteiger charge is 2.56. The Morgan fingerprint density at radius 2 is 2.09 bits per heavy atom. The van der Waals surface area contributed by atoms with Gasteiger partial charge in [0.15, 0.2) is 17.4 Å². The molecule has 1 saturated carbocycles. The molecule has 0 radical (unpaired) electrons. The lowest BCUT2D eigenvalue weighted by Crippen LogP contribution is -2.43. The standard InChI is InChI=1S/C32H31F4N5O3/c1-42-29-22(34)7-6-17-4-2-5-19(23(17)29)26-25(36)27-20(13-37-26)30(41-10-11-43-15-21-24(35)28(21)41)39-31(38-27)44-16-32-8-3-9-40(32)14-18(33)12-32/h2,4-7,13,18,21,24,28H,3,8-12,14-16H2,1H3/t18-,21+,24+,28+,32+/m1/s1/i1D3,16D2. The first kappa shape index (κ1) is 22.7. The Morgan fingerprint density at radius 1 is 1.18 bits per heavy atom. The van der Waals surface area contributed by atoms with Gasteiger partial charge in [-0.15, -0.1) is 0 Å². The quantitative estimate of drug-likeness (QED) is 0.273. The fourth-order valence-corrected chi connectivity index (χ4v) is 7.18. The molecule has 0 unspecified atom stereocenters. The van der Waals surface area contributed by atoms with Crippen LogP contribution in [0.3, 0.4) is 0 Å². The van der Waals surface area contributed by atoms with Gasteiger partial charge in [-0.1, -0.05) is 24.3 Å². The number of anilines is 1. The van der Waals surface area contributed by atoms with Crippen molar-refractivity contribution in [2.75, 3.05) is 51.3 Å². The maximum absolute atomic E-state index is 16.9. The summed E-state index contributed by atoms with van der Waals surface area (Å²) in [6, 6.07) is 5.83. The Balaban J connectivity index is 1.31. The minimum Gasteiger partial charge on any atom is -0.493 e. The number of hydrogen-bond acceptors (Lipinski definition) is 8. The maximum atomic E-state index is 16.9. The number of halogens is 4. The van der Waals surface area contributed by atoms with Crippen LogP contribution < -0.4 is 14.4 Å². The van der Waals surface area contributed by atoms with Gasteiger partial charge in [-0.25, -0.2) is 17.6 Å². The monoisotopic (exact) mass is 614 g/mol. The number of pyridine rings is 1. The van der Waals surface area contributed by atoms with Gasteiger partial charge in [0, 0.05) is 42.6 Å². The minimum atomic E-state index is -3.02. The number of hydrogen-bond donors (Lipinski definition) is 0. The highest BCUT2D eigenvalue weighted by molar-refractivity contribution is 6.02. The predicted molar refractivity (Wildman–Crippen MR) is 156 cm³/mol. The first-order valence-corrected chi connectivity index (χ1v) is 14.6. The van der Waals surface area contributed by atoms with E-state index in [9.17, 15) is 8.78 Å². The third-order valence-electron chi connectivity index (χ3n) is 9.34. The molecule has 3 saturated heterocycles. The molecule has 4 fully saturated rings. The van der Waals surface area contributed by atoms with Crippen LogP contribution in [0.5, 0.6) is 11.8 Å². The number of alkyl halides is 2. The predicted octanol–water partition coefficient (Wildman–Crippen LogP) is 5.26. The van der Waals surface area contributed by atoms with Crippen LogP contribution in [0.15, 0.2) is 36.5 Å². The van der Waals surface area contributed by atoms with E-state index in [1.54, 1.807) is 21.9 Å². The van der Waals surface area contributed by atoms with Gasteiger partial charge in [0.2, 0.25) is 0 Å². The topological polar surface area (TPSA) is 72.8 Å². The number of rotatable bonds is 6. The molecular weight excluding hydrogens is 578 g/mol. The van der Waals surface area contributed by atoms with Gasteiger partial charge in [0.25, 0.3) is 0 Å². The van der Waals surface area contributed by atoms with Crippen molar-refractivity contribution >= 4 is 27.5 Å². The zero-order valence-corrected chi connectivity index (χ0v) is 23.4. The highest BCUT2D eigenvalue weighted by Crippen LogP contribution is 2.46. The van der Waals surface area contributed by atoms with Crippen LogP contribution in [-0.2, 0) is 4.74 Å². The van der Waals surface area contributed by atoms with Crippen LogP contribution >= 0.6 is 0 Å². The second kappa shape index (κ2) is 10.4. The van der Waals surface area contributed by atoms with Gasteiger partial charge in [0.05, 0.1) is 44.1 Å². The summed E-state index contributed by atoms with van der Waals surface area (Å²) in [6.45, 7) is -1.35. The fourth-order valence-electron chi connectivity index (χ4n) is 7.18. The Hall–Kier alpha value is -3.77. The van der Waals surface area contributed by atoms with Gasteiger partial charge in [-0.2, -0.15) is 9.97 Å². The normalized spacial score (nSPS) is 30.5. The van der Waals surface area contributed by atoms with E-state index in [0.717, 1.165) is 6.07 Å². The molecule has 8 nitrogen and oxygen atoms in total. The van der Waals surface area contributed by atoms with E-state index >= 15 is 8.78 Å². The molecule has 4 aliphatic rings. The summed E-state index contributed by atoms with van der Waals surface area (Å²) in [5.74, 6) is -3.01. The summed E-state index contributed by atoms with van der Waals surface area (Å²) in [5, 5.41) is 0.380. The number of nitrogens with zero attached hydrogens (tertiary/aromatic N) is 5. The summed E-state index contributed by atoms with van der Waals surface area (Å²) in [6.07, 6.45) is -0.352. The van der Waals surface area contributed by atoms with Crippen molar-refractivity contribution in [1.29, 1.82) is 0 Å². The third-order valence-corrected chi connectivity index (χ3v) is 9.34. The SMILES string of the molecule is [2H]C([2H])([2H])Oc1c(F)ccc2cccc(-c3ncc4c(N5CCOC[C@H]6[C@H](F)[C@H]65)nc(OC([2H])([2H])[C@@]56CCCN5C[C@H](F)C6)nc4c3F)c12. The van der Waals surface area contributed by atoms with Gasteiger partial charge < -0.3 is 19.1 Å². The van der Waals surface area contributed by atoms with Crippen LogP contribution in [0.2, 0.25) is 0 Å². The highest BCUT2D eigenvalue weighted by atomic mass is 19.1. The fraction of sp³-hybridized carbons (Fsp3) is 0.469. The molecular formula is C32H31F4N5O3. The number of ether oxygens (including phenoxy) is 3. The van der Waals surface area contributed by atoms with Crippen LogP contribution in [0.1, 0.15) is 26.1 Å². The zero-order chi connectivity index (χ0) is 34.5. The molecule has 12 heteroatoms. The summed E-state index contributed by atoms with van der Waals surface area (Å²) < 4.78 is 119. The molecule has 44 heavy (non-hydrogen) atoms. The van der Waals surface area contributed by atoms with Crippen LogP contribution in [-0.4, -0.2) is 90.2 Å². The maximum Gasteiger partial charge on any atom is 0.319 e. The second-order valence-electron chi connectivity index (χ2n) is 11.8. The molecule has 8 rings (SSSR count). The molecule has 2 aromatic heterocycles. The number of fused-ring (bicyclic) bond motifs is 4. The zero-order valence-electron chi connectivity index (χ0n) is 28.4. The van der Waals surface area contributed by atoms with E-state index in [2.05, 4.69) is 15.0 Å². The number of aromatic nitrogens is 3.